The third-order valence-electron chi connectivity index (χ3n) is 3.09. The minimum Gasteiger partial charge on any atom is -0.478 e. The van der Waals surface area contributed by atoms with Crippen LogP contribution in [0.3, 0.4) is 0 Å². The molecule has 0 radical (unpaired) electrons. The summed E-state index contributed by atoms with van der Waals surface area (Å²) in [4.78, 5) is 24.5. The number of thioether (sulfide) groups is 1. The van der Waals surface area contributed by atoms with Crippen LogP contribution in [0.2, 0.25) is 0 Å². The van der Waals surface area contributed by atoms with Crippen LogP contribution in [0.25, 0.3) is 0 Å². The molecule has 5 heteroatoms. The van der Waals surface area contributed by atoms with Crippen molar-refractivity contribution in [3.63, 3.8) is 0 Å². The van der Waals surface area contributed by atoms with Crippen LogP contribution in [0, 0.1) is 6.92 Å². The van der Waals surface area contributed by atoms with Crippen LogP contribution in [-0.4, -0.2) is 23.2 Å². The van der Waals surface area contributed by atoms with Crippen molar-refractivity contribution in [2.45, 2.75) is 11.8 Å². The van der Waals surface area contributed by atoms with Crippen molar-refractivity contribution < 1.29 is 14.7 Å². The van der Waals surface area contributed by atoms with E-state index in [0.29, 0.717) is 16.8 Å². The minimum absolute atomic E-state index is 0.117. The van der Waals surface area contributed by atoms with Gasteiger partial charge in [0, 0.05) is 10.5 Å². The Morgan fingerprint density at radius 3 is 2.33 bits per heavy atom. The summed E-state index contributed by atoms with van der Waals surface area (Å²) >= 11 is 1.59. The molecule has 1 amide bonds. The van der Waals surface area contributed by atoms with E-state index in [1.807, 2.05) is 18.4 Å². The van der Waals surface area contributed by atoms with Gasteiger partial charge in [-0.05, 0) is 49.1 Å². The fourth-order valence-electron chi connectivity index (χ4n) is 1.99. The van der Waals surface area contributed by atoms with Crippen LogP contribution >= 0.6 is 11.8 Å². The van der Waals surface area contributed by atoms with Crippen molar-refractivity contribution in [3.8, 4) is 0 Å². The van der Waals surface area contributed by atoms with E-state index < -0.39 is 5.97 Å². The van der Waals surface area contributed by atoms with Gasteiger partial charge in [-0.1, -0.05) is 12.1 Å². The summed E-state index contributed by atoms with van der Waals surface area (Å²) in [5, 5.41) is 11.9. The molecule has 0 atom stereocenters. The summed E-state index contributed by atoms with van der Waals surface area (Å²) in [5.74, 6) is -1.38. The number of anilines is 1. The number of nitrogens with one attached hydrogen (secondary N) is 1. The number of carbonyl (C=O) groups is 2. The first-order chi connectivity index (χ1) is 10.0. The maximum absolute atomic E-state index is 12.2. The van der Waals surface area contributed by atoms with Gasteiger partial charge in [-0.2, -0.15) is 0 Å². The van der Waals surface area contributed by atoms with E-state index in [-0.39, 0.29) is 11.5 Å². The van der Waals surface area contributed by atoms with Crippen LogP contribution in [0.1, 0.15) is 26.3 Å². The van der Waals surface area contributed by atoms with Gasteiger partial charge in [0.05, 0.1) is 11.3 Å². The summed E-state index contributed by atoms with van der Waals surface area (Å²) in [6.45, 7) is 1.70. The van der Waals surface area contributed by atoms with Crippen molar-refractivity contribution in [2.75, 3.05) is 11.6 Å². The van der Waals surface area contributed by atoms with Crippen molar-refractivity contribution in [2.24, 2.45) is 0 Å². The summed E-state index contributed by atoms with van der Waals surface area (Å²) in [6, 6.07) is 12.2. The highest BCUT2D eigenvalue weighted by atomic mass is 32.2. The Morgan fingerprint density at radius 2 is 1.76 bits per heavy atom. The molecular weight excluding hydrogens is 286 g/mol. The number of carboxylic acid groups (broad SMARTS) is 1. The molecule has 0 aromatic heterocycles. The number of aromatic carboxylic acids is 1. The first-order valence-corrected chi connectivity index (χ1v) is 7.53. The number of carbonyl (C=O) groups excluding carboxylic acids is 1. The number of carboxylic acids is 1. The molecule has 0 heterocycles. The Kier molecular flexibility index (Phi) is 4.65. The molecule has 0 aliphatic rings. The largest absolute Gasteiger partial charge is 0.478 e. The standard InChI is InChI=1S/C16H15NO3S/c1-10-4-3-5-13(14(10)16(19)20)17-15(18)11-6-8-12(21-2)9-7-11/h3-9H,1-2H3,(H,17,18)(H,19,20). The molecule has 2 rings (SSSR count). The number of benzene rings is 2. The molecule has 2 N–H and O–H groups in total. The van der Waals surface area contributed by atoms with Crippen molar-refractivity contribution in [1.29, 1.82) is 0 Å². The molecule has 4 nitrogen and oxygen atoms in total. The fourth-order valence-corrected chi connectivity index (χ4v) is 2.40. The fraction of sp³-hybridized carbons (Fsp3) is 0.125. The average Bonchev–Trinajstić information content (AvgIpc) is 2.47. The maximum Gasteiger partial charge on any atom is 0.338 e. The zero-order chi connectivity index (χ0) is 15.4. The lowest BCUT2D eigenvalue weighted by atomic mass is 10.1. The molecule has 108 valence electrons. The summed E-state index contributed by atoms with van der Waals surface area (Å²) in [6.07, 6.45) is 1.96. The van der Waals surface area contributed by atoms with E-state index in [1.165, 1.54) is 0 Å². The molecule has 21 heavy (non-hydrogen) atoms. The van der Waals surface area contributed by atoms with Crippen molar-refractivity contribution >= 4 is 29.3 Å². The van der Waals surface area contributed by atoms with Crippen LogP contribution in [0.5, 0.6) is 0 Å². The van der Waals surface area contributed by atoms with Gasteiger partial charge in [-0.3, -0.25) is 4.79 Å². The molecule has 2 aromatic carbocycles. The summed E-state index contributed by atoms with van der Waals surface area (Å²) in [5.41, 5.74) is 1.52. The van der Waals surface area contributed by atoms with Gasteiger partial charge in [-0.15, -0.1) is 11.8 Å². The highest BCUT2D eigenvalue weighted by Crippen LogP contribution is 2.21. The molecule has 0 saturated heterocycles. The first kappa shape index (κ1) is 15.1. The highest BCUT2D eigenvalue weighted by molar-refractivity contribution is 7.98. The minimum atomic E-state index is -1.05. The second kappa shape index (κ2) is 6.45. The van der Waals surface area contributed by atoms with E-state index in [0.717, 1.165) is 4.90 Å². The van der Waals surface area contributed by atoms with Gasteiger partial charge in [-0.25, -0.2) is 4.79 Å². The molecule has 0 unspecified atom stereocenters. The second-order valence-corrected chi connectivity index (χ2v) is 5.36. The Morgan fingerprint density at radius 1 is 1.10 bits per heavy atom. The van der Waals surface area contributed by atoms with Crippen molar-refractivity contribution in [3.05, 3.63) is 59.2 Å². The van der Waals surface area contributed by atoms with E-state index in [4.69, 9.17) is 0 Å². The van der Waals surface area contributed by atoms with Crippen LogP contribution in [0.4, 0.5) is 5.69 Å². The smallest absolute Gasteiger partial charge is 0.338 e. The molecule has 0 bridgehead atoms. The Balaban J connectivity index is 2.27. The van der Waals surface area contributed by atoms with Gasteiger partial charge >= 0.3 is 5.97 Å². The number of hydrogen-bond donors (Lipinski definition) is 2. The molecular formula is C16H15NO3S. The van der Waals surface area contributed by atoms with Crippen LogP contribution < -0.4 is 5.32 Å². The second-order valence-electron chi connectivity index (χ2n) is 4.49. The third kappa shape index (κ3) is 3.44. The highest BCUT2D eigenvalue weighted by Gasteiger charge is 2.15. The Hall–Kier alpha value is -2.27. The first-order valence-electron chi connectivity index (χ1n) is 6.31. The maximum atomic E-state index is 12.2. The summed E-state index contributed by atoms with van der Waals surface area (Å²) in [7, 11) is 0. The quantitative estimate of drug-likeness (QED) is 0.846. The van der Waals surface area contributed by atoms with Crippen molar-refractivity contribution in [1.82, 2.24) is 0 Å². The van der Waals surface area contributed by atoms with E-state index in [9.17, 15) is 14.7 Å². The lowest BCUT2D eigenvalue weighted by molar-refractivity contribution is 0.0697. The average molecular weight is 301 g/mol. The van der Waals surface area contributed by atoms with Gasteiger partial charge < -0.3 is 10.4 Å². The van der Waals surface area contributed by atoms with Gasteiger partial charge in [0.2, 0.25) is 0 Å². The van der Waals surface area contributed by atoms with Crippen LogP contribution in [-0.2, 0) is 0 Å². The normalized spacial score (nSPS) is 10.2. The Labute approximate surface area is 127 Å². The number of aryl methyl sites for hydroxylation is 1. The zero-order valence-corrected chi connectivity index (χ0v) is 12.5. The lowest BCUT2D eigenvalue weighted by Crippen LogP contribution is -2.15. The predicted molar refractivity (Wildman–Crippen MR) is 84.3 cm³/mol. The van der Waals surface area contributed by atoms with Crippen LogP contribution in [0.15, 0.2) is 47.4 Å². The Bertz CT molecular complexity index is 680. The van der Waals surface area contributed by atoms with Gasteiger partial charge in [0.15, 0.2) is 0 Å². The van der Waals surface area contributed by atoms with E-state index in [1.54, 1.807) is 49.0 Å². The molecule has 2 aromatic rings. The van der Waals surface area contributed by atoms with Gasteiger partial charge in [0.1, 0.15) is 0 Å². The van der Waals surface area contributed by atoms with Gasteiger partial charge in [0.25, 0.3) is 5.91 Å². The monoisotopic (exact) mass is 301 g/mol. The van der Waals surface area contributed by atoms with E-state index in [2.05, 4.69) is 5.32 Å². The SMILES string of the molecule is CSc1ccc(C(=O)Nc2cccc(C)c2C(=O)O)cc1. The molecule has 0 saturated carbocycles. The zero-order valence-electron chi connectivity index (χ0n) is 11.7. The number of hydrogen-bond acceptors (Lipinski definition) is 3. The predicted octanol–water partition coefficient (Wildman–Crippen LogP) is 3.67. The number of rotatable bonds is 4. The number of amides is 1. The van der Waals surface area contributed by atoms with E-state index >= 15 is 0 Å². The topological polar surface area (TPSA) is 66.4 Å². The molecule has 0 aliphatic heterocycles. The summed E-state index contributed by atoms with van der Waals surface area (Å²) < 4.78 is 0. The molecule has 0 spiro atoms. The molecule has 0 aliphatic carbocycles. The molecule has 0 fully saturated rings. The third-order valence-corrected chi connectivity index (χ3v) is 3.83. The lowest BCUT2D eigenvalue weighted by Gasteiger charge is -2.10.